The van der Waals surface area contributed by atoms with Crippen LogP contribution in [0.2, 0.25) is 0 Å². The van der Waals surface area contributed by atoms with Crippen molar-refractivity contribution in [1.29, 1.82) is 0 Å². The predicted octanol–water partition coefficient (Wildman–Crippen LogP) is 1.72. The Balaban J connectivity index is 3.43. The van der Waals surface area contributed by atoms with Gasteiger partial charge in [0.25, 0.3) is 0 Å². The van der Waals surface area contributed by atoms with E-state index in [-0.39, 0.29) is 12.3 Å². The fourth-order valence-electron chi connectivity index (χ4n) is 1.80. The van der Waals surface area contributed by atoms with E-state index in [0.717, 1.165) is 11.1 Å². The highest BCUT2D eigenvalue weighted by Crippen LogP contribution is 2.35. The van der Waals surface area contributed by atoms with E-state index in [0.29, 0.717) is 17.1 Å². The van der Waals surface area contributed by atoms with Gasteiger partial charge in [0.1, 0.15) is 0 Å². The molecule has 0 aliphatic carbocycles. The average molecular weight is 237 g/mol. The number of likely N-dealkylation sites (N-methyl/N-ethyl adjacent to an activating group) is 1. The lowest BCUT2D eigenvalue weighted by Crippen LogP contribution is -2.20. The van der Waals surface area contributed by atoms with Crippen LogP contribution in [0.25, 0.3) is 0 Å². The van der Waals surface area contributed by atoms with Gasteiger partial charge in [0.05, 0.1) is 26.3 Å². The van der Waals surface area contributed by atoms with Crippen molar-refractivity contribution < 1.29 is 14.3 Å². The summed E-state index contributed by atoms with van der Waals surface area (Å²) in [5.74, 6) is 1.11. The molecule has 17 heavy (non-hydrogen) atoms. The zero-order chi connectivity index (χ0) is 13.0. The standard InChI is InChI=1S/C13H19NO3/c1-8-6-11(16-4)13(17-5)12(9(8)2)10(15)7-14-3/h6,14H,7H2,1-5H3. The monoisotopic (exact) mass is 237 g/mol. The van der Waals surface area contributed by atoms with Gasteiger partial charge in [-0.15, -0.1) is 0 Å². The van der Waals surface area contributed by atoms with Gasteiger partial charge in [-0.25, -0.2) is 0 Å². The number of ketones is 1. The molecular weight excluding hydrogens is 218 g/mol. The quantitative estimate of drug-likeness (QED) is 0.792. The highest BCUT2D eigenvalue weighted by atomic mass is 16.5. The van der Waals surface area contributed by atoms with Crippen LogP contribution in [0.1, 0.15) is 21.5 Å². The minimum atomic E-state index is 0.00356. The molecule has 0 radical (unpaired) electrons. The average Bonchev–Trinajstić information content (AvgIpc) is 2.31. The lowest BCUT2D eigenvalue weighted by Gasteiger charge is -2.16. The van der Waals surface area contributed by atoms with Crippen LogP contribution in [-0.2, 0) is 0 Å². The molecule has 0 amide bonds. The number of hydrogen-bond acceptors (Lipinski definition) is 4. The van der Waals surface area contributed by atoms with Crippen LogP contribution < -0.4 is 14.8 Å². The second-order valence-corrected chi connectivity index (χ2v) is 3.88. The summed E-state index contributed by atoms with van der Waals surface area (Å²) in [7, 11) is 4.86. The SMILES string of the molecule is CNCC(=O)c1c(C)c(C)cc(OC)c1OC. The number of nitrogens with one attached hydrogen (secondary N) is 1. The van der Waals surface area contributed by atoms with Gasteiger partial charge in [-0.05, 0) is 38.1 Å². The largest absolute Gasteiger partial charge is 0.493 e. The van der Waals surface area contributed by atoms with Crippen LogP contribution in [0.15, 0.2) is 6.07 Å². The van der Waals surface area contributed by atoms with E-state index in [1.165, 1.54) is 0 Å². The molecule has 0 spiro atoms. The Bertz CT molecular complexity index is 427. The molecule has 0 unspecified atom stereocenters. The first kappa shape index (κ1) is 13.5. The first-order valence-electron chi connectivity index (χ1n) is 5.46. The molecule has 1 aromatic carbocycles. The normalized spacial score (nSPS) is 10.2. The van der Waals surface area contributed by atoms with Crippen molar-refractivity contribution in [1.82, 2.24) is 5.32 Å². The lowest BCUT2D eigenvalue weighted by molar-refractivity contribution is 0.0989. The van der Waals surface area contributed by atoms with Gasteiger partial charge in [0, 0.05) is 0 Å². The van der Waals surface area contributed by atoms with Gasteiger partial charge in [0.2, 0.25) is 0 Å². The zero-order valence-electron chi connectivity index (χ0n) is 11.0. The summed E-state index contributed by atoms with van der Waals surface area (Å²) < 4.78 is 10.5. The number of rotatable bonds is 5. The summed E-state index contributed by atoms with van der Waals surface area (Å²) in [5.41, 5.74) is 2.55. The number of carbonyl (C=O) groups excluding carboxylic acids is 1. The van der Waals surface area contributed by atoms with Gasteiger partial charge >= 0.3 is 0 Å². The molecule has 0 bridgehead atoms. The van der Waals surface area contributed by atoms with Crippen molar-refractivity contribution >= 4 is 5.78 Å². The molecule has 1 aromatic rings. The number of aryl methyl sites for hydroxylation is 1. The number of carbonyl (C=O) groups is 1. The molecule has 1 rings (SSSR count). The van der Waals surface area contributed by atoms with Crippen molar-refractivity contribution in [2.75, 3.05) is 27.8 Å². The zero-order valence-corrected chi connectivity index (χ0v) is 11.0. The third-order valence-electron chi connectivity index (χ3n) is 2.81. The van der Waals surface area contributed by atoms with E-state index >= 15 is 0 Å². The molecule has 0 aliphatic rings. The summed E-state index contributed by atoms with van der Waals surface area (Å²) in [6, 6.07) is 1.88. The number of methoxy groups -OCH3 is 2. The highest BCUT2D eigenvalue weighted by molar-refractivity contribution is 6.02. The number of benzene rings is 1. The minimum Gasteiger partial charge on any atom is -0.493 e. The Labute approximate surface area is 102 Å². The van der Waals surface area contributed by atoms with E-state index < -0.39 is 0 Å². The smallest absolute Gasteiger partial charge is 0.180 e. The molecule has 4 heteroatoms. The van der Waals surface area contributed by atoms with Crippen molar-refractivity contribution in [2.45, 2.75) is 13.8 Å². The van der Waals surface area contributed by atoms with Crippen LogP contribution in [0.4, 0.5) is 0 Å². The van der Waals surface area contributed by atoms with Gasteiger partial charge in [0.15, 0.2) is 17.3 Å². The highest BCUT2D eigenvalue weighted by Gasteiger charge is 2.20. The van der Waals surface area contributed by atoms with Crippen molar-refractivity contribution in [2.24, 2.45) is 0 Å². The fourth-order valence-corrected chi connectivity index (χ4v) is 1.80. The fraction of sp³-hybridized carbons (Fsp3) is 0.462. The Kier molecular flexibility index (Phi) is 4.52. The van der Waals surface area contributed by atoms with Crippen molar-refractivity contribution in [3.8, 4) is 11.5 Å². The van der Waals surface area contributed by atoms with Crippen molar-refractivity contribution in [3.63, 3.8) is 0 Å². The molecule has 0 saturated heterocycles. The van der Waals surface area contributed by atoms with Crippen LogP contribution in [0, 0.1) is 13.8 Å². The number of hydrogen-bond donors (Lipinski definition) is 1. The molecule has 0 fully saturated rings. The number of Topliss-reactive ketones (excluding diaryl/α,β-unsaturated/α-hetero) is 1. The summed E-state index contributed by atoms with van der Waals surface area (Å²) in [6.07, 6.45) is 0. The molecular formula is C13H19NO3. The Morgan fingerprint density at radius 3 is 2.41 bits per heavy atom. The van der Waals surface area contributed by atoms with Gasteiger partial charge in [-0.1, -0.05) is 0 Å². The van der Waals surface area contributed by atoms with Gasteiger partial charge < -0.3 is 14.8 Å². The number of ether oxygens (including phenoxy) is 2. The summed E-state index contributed by atoms with van der Waals surface area (Å²) in [6.45, 7) is 4.15. The van der Waals surface area contributed by atoms with Crippen molar-refractivity contribution in [3.05, 3.63) is 22.8 Å². The maximum atomic E-state index is 12.1. The van der Waals surface area contributed by atoms with Crippen LogP contribution in [0.3, 0.4) is 0 Å². The molecule has 4 nitrogen and oxygen atoms in total. The molecule has 0 aromatic heterocycles. The van der Waals surface area contributed by atoms with E-state index in [1.807, 2.05) is 19.9 Å². The lowest BCUT2D eigenvalue weighted by atomic mass is 9.98. The maximum Gasteiger partial charge on any atom is 0.180 e. The van der Waals surface area contributed by atoms with Crippen LogP contribution in [0.5, 0.6) is 11.5 Å². The molecule has 1 N–H and O–H groups in total. The van der Waals surface area contributed by atoms with Crippen LogP contribution >= 0.6 is 0 Å². The summed E-state index contributed by atoms with van der Waals surface area (Å²) >= 11 is 0. The third kappa shape index (κ3) is 2.58. The molecule has 0 aliphatic heterocycles. The molecule has 94 valence electrons. The Hall–Kier alpha value is -1.55. The molecule has 0 heterocycles. The minimum absolute atomic E-state index is 0.00356. The van der Waals surface area contributed by atoms with E-state index in [9.17, 15) is 4.79 Å². The molecule has 0 saturated carbocycles. The van der Waals surface area contributed by atoms with E-state index in [2.05, 4.69) is 5.32 Å². The second-order valence-electron chi connectivity index (χ2n) is 3.88. The first-order chi connectivity index (χ1) is 8.06. The van der Waals surface area contributed by atoms with Gasteiger partial charge in [-0.3, -0.25) is 4.79 Å². The Morgan fingerprint density at radius 2 is 1.94 bits per heavy atom. The topological polar surface area (TPSA) is 47.6 Å². The first-order valence-corrected chi connectivity index (χ1v) is 5.46. The maximum absolute atomic E-state index is 12.1. The van der Waals surface area contributed by atoms with E-state index in [4.69, 9.17) is 9.47 Å². The second kappa shape index (κ2) is 5.68. The summed E-state index contributed by atoms with van der Waals surface area (Å²) in [5, 5.41) is 2.86. The summed E-state index contributed by atoms with van der Waals surface area (Å²) in [4.78, 5) is 12.1. The van der Waals surface area contributed by atoms with Gasteiger partial charge in [-0.2, -0.15) is 0 Å². The Morgan fingerprint density at radius 1 is 1.29 bits per heavy atom. The third-order valence-corrected chi connectivity index (χ3v) is 2.81. The van der Waals surface area contributed by atoms with Crippen LogP contribution in [-0.4, -0.2) is 33.6 Å². The van der Waals surface area contributed by atoms with E-state index in [1.54, 1.807) is 21.3 Å². The molecule has 0 atom stereocenters. The predicted molar refractivity (Wildman–Crippen MR) is 67.3 cm³/mol.